The fraction of sp³-hybridized carbons (Fsp3) is 0.429. The molecule has 1 heterocycles. The number of ether oxygens (including phenoxy) is 5. The molecule has 0 bridgehead atoms. The van der Waals surface area contributed by atoms with E-state index in [0.29, 0.717) is 42.6 Å². The number of benzene rings is 2. The molecule has 1 aliphatic rings. The Kier molecular flexibility index (Phi) is 6.16. The highest BCUT2D eigenvalue weighted by Crippen LogP contribution is 2.40. The lowest BCUT2D eigenvalue weighted by atomic mass is 9.96. The van der Waals surface area contributed by atoms with Crippen molar-refractivity contribution in [3.8, 4) is 28.7 Å². The van der Waals surface area contributed by atoms with E-state index >= 15 is 0 Å². The first kappa shape index (κ1) is 20.1. The van der Waals surface area contributed by atoms with Gasteiger partial charge in [-0.15, -0.1) is 0 Å². The molecular weight excluding hydrogens is 362 g/mol. The minimum Gasteiger partial charge on any atom is -0.504 e. The molecule has 0 aromatic heterocycles. The van der Waals surface area contributed by atoms with E-state index in [1.165, 1.54) is 0 Å². The third kappa shape index (κ3) is 3.81. The molecule has 0 saturated heterocycles. The van der Waals surface area contributed by atoms with Crippen LogP contribution in [0.15, 0.2) is 24.3 Å². The van der Waals surface area contributed by atoms with Gasteiger partial charge in [0.25, 0.3) is 0 Å². The molecule has 0 saturated carbocycles. The Balaban J connectivity index is 1.90. The van der Waals surface area contributed by atoms with Crippen molar-refractivity contribution < 1.29 is 28.8 Å². The van der Waals surface area contributed by atoms with Crippen LogP contribution in [-0.2, 0) is 17.8 Å². The first-order valence-corrected chi connectivity index (χ1v) is 8.98. The van der Waals surface area contributed by atoms with Crippen LogP contribution >= 0.6 is 0 Å². The van der Waals surface area contributed by atoms with Gasteiger partial charge < -0.3 is 28.8 Å². The predicted octanol–water partition coefficient (Wildman–Crippen LogP) is 3.13. The molecule has 1 unspecified atom stereocenters. The Morgan fingerprint density at radius 1 is 0.893 bits per heavy atom. The summed E-state index contributed by atoms with van der Waals surface area (Å²) >= 11 is 0. The zero-order valence-electron chi connectivity index (χ0n) is 16.9. The SMILES string of the molecule is COc1cc2c(cc1O)C(OC)CN(Cc1cc(OC)c(OC)c(OC)c1)C2. The Bertz CT molecular complexity index is 813. The molecule has 1 atom stereocenters. The number of aromatic hydroxyl groups is 1. The molecule has 3 rings (SSSR count). The van der Waals surface area contributed by atoms with Crippen molar-refractivity contribution in [2.75, 3.05) is 42.1 Å². The molecule has 152 valence electrons. The third-order valence-corrected chi connectivity index (χ3v) is 5.02. The lowest BCUT2D eigenvalue weighted by molar-refractivity contribution is 0.0448. The van der Waals surface area contributed by atoms with E-state index < -0.39 is 0 Å². The Morgan fingerprint density at radius 3 is 2.07 bits per heavy atom. The first-order valence-electron chi connectivity index (χ1n) is 8.98. The van der Waals surface area contributed by atoms with Crippen LogP contribution in [0.5, 0.6) is 28.7 Å². The predicted molar refractivity (Wildman–Crippen MR) is 105 cm³/mol. The fourth-order valence-electron chi connectivity index (χ4n) is 3.67. The van der Waals surface area contributed by atoms with Gasteiger partial charge in [-0.05, 0) is 41.0 Å². The van der Waals surface area contributed by atoms with Gasteiger partial charge in [0.2, 0.25) is 5.75 Å². The molecule has 7 heteroatoms. The van der Waals surface area contributed by atoms with Gasteiger partial charge in [0.05, 0.1) is 34.5 Å². The quantitative estimate of drug-likeness (QED) is 0.780. The summed E-state index contributed by atoms with van der Waals surface area (Å²) < 4.78 is 27.3. The van der Waals surface area contributed by atoms with Crippen molar-refractivity contribution in [3.05, 3.63) is 41.0 Å². The summed E-state index contributed by atoms with van der Waals surface area (Å²) in [5, 5.41) is 10.1. The molecule has 2 aromatic carbocycles. The molecule has 7 nitrogen and oxygen atoms in total. The van der Waals surface area contributed by atoms with Crippen molar-refractivity contribution >= 4 is 0 Å². The summed E-state index contributed by atoms with van der Waals surface area (Å²) in [5.74, 6) is 2.42. The van der Waals surface area contributed by atoms with Crippen molar-refractivity contribution in [2.45, 2.75) is 19.2 Å². The second kappa shape index (κ2) is 8.58. The van der Waals surface area contributed by atoms with Gasteiger partial charge in [-0.1, -0.05) is 0 Å². The largest absolute Gasteiger partial charge is 0.504 e. The maximum Gasteiger partial charge on any atom is 0.203 e. The van der Waals surface area contributed by atoms with Crippen LogP contribution in [0.3, 0.4) is 0 Å². The van der Waals surface area contributed by atoms with E-state index in [4.69, 9.17) is 23.7 Å². The molecule has 0 aliphatic carbocycles. The van der Waals surface area contributed by atoms with Crippen LogP contribution in [0.4, 0.5) is 0 Å². The van der Waals surface area contributed by atoms with Crippen molar-refractivity contribution in [1.29, 1.82) is 0 Å². The van der Waals surface area contributed by atoms with E-state index in [9.17, 15) is 5.11 Å². The van der Waals surface area contributed by atoms with Crippen molar-refractivity contribution in [3.63, 3.8) is 0 Å². The number of phenolic OH excluding ortho intramolecular Hbond substituents is 1. The van der Waals surface area contributed by atoms with Gasteiger partial charge in [-0.3, -0.25) is 4.90 Å². The maximum atomic E-state index is 10.1. The van der Waals surface area contributed by atoms with Gasteiger partial charge in [0, 0.05) is 26.7 Å². The van der Waals surface area contributed by atoms with Gasteiger partial charge in [0.1, 0.15) is 0 Å². The van der Waals surface area contributed by atoms with E-state index in [1.54, 1.807) is 41.6 Å². The fourth-order valence-corrected chi connectivity index (χ4v) is 3.67. The monoisotopic (exact) mass is 389 g/mol. The molecule has 2 aromatic rings. The molecule has 28 heavy (non-hydrogen) atoms. The lowest BCUT2D eigenvalue weighted by Crippen LogP contribution is -2.34. The maximum absolute atomic E-state index is 10.1. The number of fused-ring (bicyclic) bond motifs is 1. The molecule has 1 N–H and O–H groups in total. The molecule has 0 spiro atoms. The summed E-state index contributed by atoms with van der Waals surface area (Å²) in [7, 11) is 8.04. The van der Waals surface area contributed by atoms with E-state index in [-0.39, 0.29) is 11.9 Å². The van der Waals surface area contributed by atoms with Crippen LogP contribution < -0.4 is 18.9 Å². The smallest absolute Gasteiger partial charge is 0.203 e. The summed E-state index contributed by atoms with van der Waals surface area (Å²) in [6.45, 7) is 2.09. The number of hydrogen-bond acceptors (Lipinski definition) is 7. The molecular formula is C21H27NO6. The zero-order chi connectivity index (χ0) is 20.3. The summed E-state index contributed by atoms with van der Waals surface area (Å²) in [6.07, 6.45) is -0.136. The third-order valence-electron chi connectivity index (χ3n) is 5.02. The van der Waals surface area contributed by atoms with Gasteiger partial charge in [0.15, 0.2) is 23.0 Å². The van der Waals surface area contributed by atoms with E-state index in [0.717, 1.165) is 16.7 Å². The van der Waals surface area contributed by atoms with Crippen molar-refractivity contribution in [2.24, 2.45) is 0 Å². The average molecular weight is 389 g/mol. The Hall–Kier alpha value is -2.64. The highest BCUT2D eigenvalue weighted by molar-refractivity contribution is 5.54. The molecule has 0 radical (unpaired) electrons. The molecule has 0 amide bonds. The van der Waals surface area contributed by atoms with Gasteiger partial charge in [-0.25, -0.2) is 0 Å². The number of hydrogen-bond donors (Lipinski definition) is 1. The average Bonchev–Trinajstić information content (AvgIpc) is 2.72. The Labute approximate surface area is 165 Å². The van der Waals surface area contributed by atoms with Crippen molar-refractivity contribution in [1.82, 2.24) is 4.90 Å². The second-order valence-corrected chi connectivity index (χ2v) is 6.65. The van der Waals surface area contributed by atoms with Crippen LogP contribution in [-0.4, -0.2) is 52.1 Å². The van der Waals surface area contributed by atoms with Crippen LogP contribution in [0.25, 0.3) is 0 Å². The van der Waals surface area contributed by atoms with Gasteiger partial charge in [-0.2, -0.15) is 0 Å². The summed E-state index contributed by atoms with van der Waals surface area (Å²) in [5.41, 5.74) is 3.10. The minimum absolute atomic E-state index is 0.126. The molecule has 1 aliphatic heterocycles. The highest BCUT2D eigenvalue weighted by Gasteiger charge is 2.27. The number of nitrogens with zero attached hydrogens (tertiary/aromatic N) is 1. The zero-order valence-corrected chi connectivity index (χ0v) is 16.9. The minimum atomic E-state index is -0.136. The van der Waals surface area contributed by atoms with E-state index in [1.807, 2.05) is 18.2 Å². The van der Waals surface area contributed by atoms with E-state index in [2.05, 4.69) is 4.90 Å². The highest BCUT2D eigenvalue weighted by atomic mass is 16.5. The number of methoxy groups -OCH3 is 5. The Morgan fingerprint density at radius 2 is 1.54 bits per heavy atom. The van der Waals surface area contributed by atoms with Gasteiger partial charge >= 0.3 is 0 Å². The summed E-state index contributed by atoms with van der Waals surface area (Å²) in [6, 6.07) is 7.52. The van der Waals surface area contributed by atoms with Crippen LogP contribution in [0.2, 0.25) is 0 Å². The summed E-state index contributed by atoms with van der Waals surface area (Å²) in [4.78, 5) is 2.27. The standard InChI is InChI=1S/C21H27NO6/c1-24-17-8-14-11-22(12-20(27-4)15(14)9-16(17)23)10-13-6-18(25-2)21(28-5)19(7-13)26-3/h6-9,20,23H,10-12H2,1-5H3. The number of rotatable bonds is 7. The first-order chi connectivity index (χ1) is 13.5. The van der Waals surface area contributed by atoms with Crippen LogP contribution in [0.1, 0.15) is 22.8 Å². The molecule has 0 fully saturated rings. The number of phenols is 1. The van der Waals surface area contributed by atoms with Crippen LogP contribution in [0, 0.1) is 0 Å². The topological polar surface area (TPSA) is 69.6 Å². The normalized spacial score (nSPS) is 16.4. The lowest BCUT2D eigenvalue weighted by Gasteiger charge is -2.34. The second-order valence-electron chi connectivity index (χ2n) is 6.65.